The number of thiophene rings is 1. The van der Waals surface area contributed by atoms with Crippen LogP contribution in [0.1, 0.15) is 29.0 Å². The van der Waals surface area contributed by atoms with Crippen molar-refractivity contribution in [3.8, 4) is 0 Å². The number of piperidine rings is 1. The summed E-state index contributed by atoms with van der Waals surface area (Å²) in [5, 5.41) is 3.66. The zero-order valence-electron chi connectivity index (χ0n) is 17.1. The number of hydrogen-bond acceptors (Lipinski definition) is 5. The van der Waals surface area contributed by atoms with Crippen molar-refractivity contribution in [1.29, 1.82) is 0 Å². The average Bonchev–Trinajstić information content (AvgIpc) is 3.04. The zero-order valence-corrected chi connectivity index (χ0v) is 17.9. The normalized spacial score (nSPS) is 15.9. The number of aromatic nitrogens is 1. The van der Waals surface area contributed by atoms with Gasteiger partial charge in [-0.25, -0.2) is 0 Å². The molecule has 0 aliphatic carbocycles. The topological polar surface area (TPSA) is 63.3 Å². The van der Waals surface area contributed by atoms with Gasteiger partial charge in [0.15, 0.2) is 0 Å². The third kappa shape index (κ3) is 5.72. The highest BCUT2D eigenvalue weighted by molar-refractivity contribution is 7.20. The summed E-state index contributed by atoms with van der Waals surface area (Å²) in [5.74, 6) is 0. The van der Waals surface area contributed by atoms with Gasteiger partial charge in [0.25, 0.3) is 5.56 Å². The van der Waals surface area contributed by atoms with Crippen molar-refractivity contribution in [3.05, 3.63) is 63.4 Å². The maximum absolute atomic E-state index is 12.3. The van der Waals surface area contributed by atoms with Crippen molar-refractivity contribution in [2.45, 2.75) is 38.9 Å². The first-order chi connectivity index (χ1) is 14.0. The lowest BCUT2D eigenvalue weighted by Crippen LogP contribution is -2.43. The fraction of sp³-hybridized carbons (Fsp3) is 0.409. The van der Waals surface area contributed by atoms with Gasteiger partial charge < -0.3 is 20.5 Å². The Balaban J connectivity index is 1.50. The molecule has 1 aliphatic heterocycles. The minimum atomic E-state index is -0.0232. The van der Waals surface area contributed by atoms with E-state index in [0.29, 0.717) is 18.3 Å². The van der Waals surface area contributed by atoms with Crippen LogP contribution in [0.2, 0.25) is 0 Å². The van der Waals surface area contributed by atoms with Gasteiger partial charge in [-0.05, 0) is 61.4 Å². The molecule has 7 heteroatoms. The van der Waals surface area contributed by atoms with Crippen LogP contribution in [0, 0.1) is 6.92 Å². The van der Waals surface area contributed by atoms with E-state index < -0.39 is 0 Å². The lowest BCUT2D eigenvalue weighted by molar-refractivity contribution is 0.190. The lowest BCUT2D eigenvalue weighted by Gasteiger charge is -2.32. The summed E-state index contributed by atoms with van der Waals surface area (Å²) in [6, 6.07) is 5.90. The van der Waals surface area contributed by atoms with Gasteiger partial charge in [0.05, 0.1) is 11.4 Å². The molecule has 0 unspecified atom stereocenters. The number of aryl methyl sites for hydroxylation is 1. The van der Waals surface area contributed by atoms with Gasteiger partial charge in [-0.3, -0.25) is 4.79 Å². The SMILES string of the molecule is [B]c1sc(CNC2CCN(CCn3c(/C=C\C=C)c(N)ccc3=O)CC2)cc1C. The molecule has 2 aromatic rings. The summed E-state index contributed by atoms with van der Waals surface area (Å²) >= 11 is 1.67. The number of allylic oxidation sites excluding steroid dienone is 2. The van der Waals surface area contributed by atoms with Crippen molar-refractivity contribution in [3.63, 3.8) is 0 Å². The van der Waals surface area contributed by atoms with Crippen LogP contribution in [0.4, 0.5) is 5.69 Å². The second-order valence-corrected chi connectivity index (χ2v) is 8.68. The highest BCUT2D eigenvalue weighted by Crippen LogP contribution is 2.15. The molecule has 1 aliphatic rings. The van der Waals surface area contributed by atoms with Crippen LogP contribution >= 0.6 is 11.3 Å². The van der Waals surface area contributed by atoms with Crippen LogP contribution in [-0.2, 0) is 13.1 Å². The Morgan fingerprint density at radius 2 is 2.10 bits per heavy atom. The predicted molar refractivity (Wildman–Crippen MR) is 125 cm³/mol. The fourth-order valence-corrected chi connectivity index (χ4v) is 4.58. The Kier molecular flexibility index (Phi) is 7.53. The standard InChI is InChI=1S/C22H29BN4OS/c1-3-4-5-20-19(24)6-7-21(28)27(20)13-12-26-10-8-17(9-11-26)25-15-18-14-16(2)22(23)29-18/h3-7,14,17,25H,1,8-13,15,24H2,2H3/b5-4-. The Labute approximate surface area is 178 Å². The van der Waals surface area contributed by atoms with E-state index >= 15 is 0 Å². The highest BCUT2D eigenvalue weighted by Gasteiger charge is 2.19. The van der Waals surface area contributed by atoms with Gasteiger partial charge in [-0.1, -0.05) is 18.7 Å². The second kappa shape index (κ2) is 10.1. The van der Waals surface area contributed by atoms with Crippen LogP contribution in [0.25, 0.3) is 6.08 Å². The maximum Gasteiger partial charge on any atom is 0.251 e. The van der Waals surface area contributed by atoms with Crippen LogP contribution in [0.5, 0.6) is 0 Å². The van der Waals surface area contributed by atoms with E-state index in [2.05, 4.69) is 29.8 Å². The van der Waals surface area contributed by atoms with E-state index in [4.69, 9.17) is 13.6 Å². The summed E-state index contributed by atoms with van der Waals surface area (Å²) < 4.78 is 2.67. The zero-order chi connectivity index (χ0) is 20.8. The number of rotatable bonds is 8. The minimum absolute atomic E-state index is 0.0232. The lowest BCUT2D eigenvalue weighted by atomic mass is 10.0. The molecule has 3 rings (SSSR count). The Morgan fingerprint density at radius 3 is 2.76 bits per heavy atom. The molecular weight excluding hydrogens is 379 g/mol. The van der Waals surface area contributed by atoms with Gasteiger partial charge in [-0.2, -0.15) is 11.3 Å². The number of pyridine rings is 1. The molecule has 2 radical (unpaired) electrons. The first kappa shape index (κ1) is 21.6. The number of nitrogen functional groups attached to an aromatic ring is 1. The Bertz CT molecular complexity index is 906. The molecule has 0 saturated carbocycles. The predicted octanol–water partition coefficient (Wildman–Crippen LogP) is 2.05. The van der Waals surface area contributed by atoms with Crippen LogP contribution in [0.3, 0.4) is 0 Å². The molecule has 3 heterocycles. The van der Waals surface area contributed by atoms with Crippen molar-refractivity contribution in [2.24, 2.45) is 0 Å². The van der Waals surface area contributed by atoms with Crippen molar-refractivity contribution < 1.29 is 0 Å². The van der Waals surface area contributed by atoms with Gasteiger partial charge in [0, 0.05) is 36.6 Å². The van der Waals surface area contributed by atoms with E-state index in [1.807, 2.05) is 12.2 Å². The van der Waals surface area contributed by atoms with E-state index in [0.717, 1.165) is 49.5 Å². The van der Waals surface area contributed by atoms with Crippen molar-refractivity contribution in [1.82, 2.24) is 14.8 Å². The summed E-state index contributed by atoms with van der Waals surface area (Å²) in [7, 11) is 5.95. The molecular formula is C22H29BN4OS. The van der Waals surface area contributed by atoms with Crippen LogP contribution in [0.15, 0.2) is 41.7 Å². The number of anilines is 1. The molecule has 2 aromatic heterocycles. The molecule has 3 N–H and O–H groups in total. The number of nitrogens with two attached hydrogens (primary N) is 1. The molecule has 152 valence electrons. The molecule has 0 amide bonds. The summed E-state index contributed by atoms with van der Waals surface area (Å²) in [5.41, 5.74) is 8.58. The molecule has 5 nitrogen and oxygen atoms in total. The summed E-state index contributed by atoms with van der Waals surface area (Å²) in [6.45, 7) is 10.1. The van der Waals surface area contributed by atoms with Gasteiger partial charge >= 0.3 is 0 Å². The monoisotopic (exact) mass is 408 g/mol. The number of likely N-dealkylation sites (tertiary alicyclic amines) is 1. The van der Waals surface area contributed by atoms with E-state index in [1.165, 1.54) is 16.5 Å². The fourth-order valence-electron chi connectivity index (χ4n) is 3.68. The third-order valence-electron chi connectivity index (χ3n) is 5.45. The van der Waals surface area contributed by atoms with Gasteiger partial charge in [-0.15, -0.1) is 0 Å². The summed E-state index contributed by atoms with van der Waals surface area (Å²) in [4.78, 5) is 16.1. The Morgan fingerprint density at radius 1 is 1.34 bits per heavy atom. The summed E-state index contributed by atoms with van der Waals surface area (Å²) in [6.07, 6.45) is 7.55. The van der Waals surface area contributed by atoms with Gasteiger partial charge in [0.1, 0.15) is 7.85 Å². The van der Waals surface area contributed by atoms with Crippen LogP contribution in [-0.4, -0.2) is 43.0 Å². The minimum Gasteiger partial charge on any atom is -0.397 e. The molecule has 1 fully saturated rings. The molecule has 0 aromatic carbocycles. The van der Waals surface area contributed by atoms with E-state index in [9.17, 15) is 4.79 Å². The first-order valence-electron chi connectivity index (χ1n) is 10.1. The van der Waals surface area contributed by atoms with E-state index in [-0.39, 0.29) is 5.56 Å². The average molecular weight is 408 g/mol. The molecule has 0 spiro atoms. The van der Waals surface area contributed by atoms with E-state index in [1.54, 1.807) is 28.0 Å². The number of nitrogens with one attached hydrogen (secondary N) is 1. The highest BCUT2D eigenvalue weighted by atomic mass is 32.1. The Hall–Kier alpha value is -2.09. The maximum atomic E-state index is 12.3. The van der Waals surface area contributed by atoms with Crippen molar-refractivity contribution >= 4 is 35.7 Å². The first-order valence-corrected chi connectivity index (χ1v) is 10.9. The third-order valence-corrected chi connectivity index (χ3v) is 6.51. The molecule has 0 bridgehead atoms. The molecule has 29 heavy (non-hydrogen) atoms. The number of nitrogens with zero attached hydrogens (tertiary/aromatic N) is 2. The quantitative estimate of drug-likeness (QED) is 0.519. The molecule has 0 atom stereocenters. The van der Waals surface area contributed by atoms with Crippen LogP contribution < -0.4 is 21.4 Å². The van der Waals surface area contributed by atoms with Crippen molar-refractivity contribution in [2.75, 3.05) is 25.4 Å². The largest absolute Gasteiger partial charge is 0.397 e. The number of hydrogen-bond donors (Lipinski definition) is 2. The molecule has 1 saturated heterocycles. The smallest absolute Gasteiger partial charge is 0.251 e. The van der Waals surface area contributed by atoms with Gasteiger partial charge in [0.2, 0.25) is 0 Å². The second-order valence-electron chi connectivity index (χ2n) is 7.52.